The molecule has 0 aliphatic carbocycles. The van der Waals surface area contributed by atoms with E-state index in [9.17, 15) is 0 Å². The number of aromatic nitrogens is 2. The maximum Gasteiger partial charge on any atom is 0.246 e. The summed E-state index contributed by atoms with van der Waals surface area (Å²) >= 11 is 3.33. The first-order valence-electron chi connectivity index (χ1n) is 4.40. The minimum atomic E-state index is 0.584. The summed E-state index contributed by atoms with van der Waals surface area (Å²) in [6.45, 7) is 0.649. The Morgan fingerprint density at radius 2 is 2.36 bits per heavy atom. The number of nitrogens with two attached hydrogens (primary N) is 1. The van der Waals surface area contributed by atoms with Gasteiger partial charge in [-0.2, -0.15) is 0 Å². The number of oxazole rings is 1. The minimum Gasteiger partial charge on any atom is -0.422 e. The zero-order chi connectivity index (χ0) is 9.97. The van der Waals surface area contributed by atoms with Crippen molar-refractivity contribution in [2.45, 2.75) is 12.8 Å². The lowest BCUT2D eigenvalue weighted by atomic mass is 10.3. The summed E-state index contributed by atoms with van der Waals surface area (Å²) in [5.41, 5.74) is 6.77. The maximum absolute atomic E-state index is 5.43. The van der Waals surface area contributed by atoms with Gasteiger partial charge in [0.05, 0.1) is 0 Å². The molecule has 4 nitrogen and oxygen atoms in total. The lowest BCUT2D eigenvalue weighted by Gasteiger charge is -1.89. The van der Waals surface area contributed by atoms with Crippen LogP contribution < -0.4 is 5.73 Å². The van der Waals surface area contributed by atoms with E-state index in [1.807, 2.05) is 6.07 Å². The quantitative estimate of drug-likeness (QED) is 0.910. The van der Waals surface area contributed by atoms with Crippen LogP contribution >= 0.6 is 15.9 Å². The Bertz CT molecular complexity index is 441. The van der Waals surface area contributed by atoms with E-state index >= 15 is 0 Å². The van der Waals surface area contributed by atoms with Gasteiger partial charge in [0.1, 0.15) is 5.52 Å². The largest absolute Gasteiger partial charge is 0.422 e. The molecule has 0 atom stereocenters. The Labute approximate surface area is 89.6 Å². The lowest BCUT2D eigenvalue weighted by Crippen LogP contribution is -2.00. The molecular weight excluding hydrogens is 246 g/mol. The Kier molecular flexibility index (Phi) is 2.79. The highest BCUT2D eigenvalue weighted by Gasteiger charge is 2.06. The van der Waals surface area contributed by atoms with Crippen LogP contribution in [-0.4, -0.2) is 16.5 Å². The third kappa shape index (κ3) is 1.93. The molecule has 0 spiro atoms. The molecule has 0 aromatic carbocycles. The van der Waals surface area contributed by atoms with E-state index in [1.54, 1.807) is 6.20 Å². The number of rotatable bonds is 3. The maximum atomic E-state index is 5.43. The SMILES string of the molecule is NCCCc1nc2cc(Br)cnc2o1. The van der Waals surface area contributed by atoms with Crippen LogP contribution in [0.15, 0.2) is 21.2 Å². The van der Waals surface area contributed by atoms with Gasteiger partial charge in [0.15, 0.2) is 5.89 Å². The van der Waals surface area contributed by atoms with Gasteiger partial charge in [0.2, 0.25) is 5.71 Å². The van der Waals surface area contributed by atoms with Gasteiger partial charge >= 0.3 is 0 Å². The first kappa shape index (κ1) is 9.61. The van der Waals surface area contributed by atoms with E-state index in [0.717, 1.165) is 22.8 Å². The van der Waals surface area contributed by atoms with E-state index in [2.05, 4.69) is 25.9 Å². The normalized spacial score (nSPS) is 11.0. The molecule has 0 aliphatic rings. The molecule has 2 N–H and O–H groups in total. The average molecular weight is 256 g/mol. The number of hydrogen-bond acceptors (Lipinski definition) is 4. The summed E-state index contributed by atoms with van der Waals surface area (Å²) in [5, 5.41) is 0. The monoisotopic (exact) mass is 255 g/mol. The summed E-state index contributed by atoms with van der Waals surface area (Å²) < 4.78 is 6.33. The third-order valence-electron chi connectivity index (χ3n) is 1.85. The molecule has 0 aliphatic heterocycles. The number of aryl methyl sites for hydroxylation is 1. The van der Waals surface area contributed by atoms with Gasteiger partial charge in [-0.15, -0.1) is 0 Å². The van der Waals surface area contributed by atoms with Crippen LogP contribution in [0.1, 0.15) is 12.3 Å². The summed E-state index contributed by atoms with van der Waals surface area (Å²) in [6.07, 6.45) is 3.35. The molecule has 0 bridgehead atoms. The van der Waals surface area contributed by atoms with Crippen molar-refractivity contribution in [3.8, 4) is 0 Å². The second kappa shape index (κ2) is 4.06. The number of hydrogen-bond donors (Lipinski definition) is 1. The van der Waals surface area contributed by atoms with Gasteiger partial charge in [-0.3, -0.25) is 0 Å². The molecule has 2 rings (SSSR count). The van der Waals surface area contributed by atoms with E-state index < -0.39 is 0 Å². The Morgan fingerprint density at radius 1 is 1.50 bits per heavy atom. The fourth-order valence-corrected chi connectivity index (χ4v) is 1.52. The molecule has 0 saturated heterocycles. The summed E-state index contributed by atoms with van der Waals surface area (Å²) in [7, 11) is 0. The van der Waals surface area contributed by atoms with Gasteiger partial charge in [-0.05, 0) is 35.0 Å². The predicted molar refractivity (Wildman–Crippen MR) is 56.9 cm³/mol. The van der Waals surface area contributed by atoms with Crippen LogP contribution in [-0.2, 0) is 6.42 Å². The molecule has 0 unspecified atom stereocenters. The Hall–Kier alpha value is -0.940. The molecule has 5 heteroatoms. The number of pyridine rings is 1. The van der Waals surface area contributed by atoms with Crippen LogP contribution in [0.4, 0.5) is 0 Å². The van der Waals surface area contributed by atoms with Crippen LogP contribution in [0.2, 0.25) is 0 Å². The molecule has 0 amide bonds. The van der Waals surface area contributed by atoms with Crippen LogP contribution in [0, 0.1) is 0 Å². The van der Waals surface area contributed by atoms with Crippen LogP contribution in [0.5, 0.6) is 0 Å². The van der Waals surface area contributed by atoms with Crippen molar-refractivity contribution in [2.24, 2.45) is 5.73 Å². The second-order valence-corrected chi connectivity index (χ2v) is 3.89. The predicted octanol–water partition coefficient (Wildman–Crippen LogP) is 1.88. The smallest absolute Gasteiger partial charge is 0.246 e. The van der Waals surface area contributed by atoms with Crippen LogP contribution in [0.25, 0.3) is 11.2 Å². The number of fused-ring (bicyclic) bond motifs is 1. The summed E-state index contributed by atoms with van der Waals surface area (Å²) in [6, 6.07) is 1.89. The van der Waals surface area contributed by atoms with E-state index in [1.165, 1.54) is 0 Å². The molecule has 2 aromatic heterocycles. The van der Waals surface area contributed by atoms with Crippen LogP contribution in [0.3, 0.4) is 0 Å². The highest BCUT2D eigenvalue weighted by atomic mass is 79.9. The molecule has 0 fully saturated rings. The third-order valence-corrected chi connectivity index (χ3v) is 2.29. The van der Waals surface area contributed by atoms with Gasteiger partial charge < -0.3 is 10.2 Å². The van der Waals surface area contributed by atoms with E-state index in [0.29, 0.717) is 18.1 Å². The van der Waals surface area contributed by atoms with Crippen molar-refractivity contribution < 1.29 is 4.42 Å². The van der Waals surface area contributed by atoms with Gasteiger partial charge in [-0.1, -0.05) is 0 Å². The Morgan fingerprint density at radius 3 is 3.14 bits per heavy atom. The fraction of sp³-hybridized carbons (Fsp3) is 0.333. The molecule has 0 saturated carbocycles. The van der Waals surface area contributed by atoms with Crippen molar-refractivity contribution in [3.63, 3.8) is 0 Å². The summed E-state index contributed by atoms with van der Waals surface area (Å²) in [5.74, 6) is 0.705. The van der Waals surface area contributed by atoms with Crippen molar-refractivity contribution in [3.05, 3.63) is 22.6 Å². The zero-order valence-corrected chi connectivity index (χ0v) is 9.12. The van der Waals surface area contributed by atoms with E-state index in [-0.39, 0.29) is 0 Å². The number of halogens is 1. The second-order valence-electron chi connectivity index (χ2n) is 2.98. The topological polar surface area (TPSA) is 64.9 Å². The first-order chi connectivity index (χ1) is 6.79. The van der Waals surface area contributed by atoms with Crippen molar-refractivity contribution >= 4 is 27.2 Å². The lowest BCUT2D eigenvalue weighted by molar-refractivity contribution is 0.513. The molecule has 74 valence electrons. The Balaban J connectivity index is 2.32. The highest BCUT2D eigenvalue weighted by molar-refractivity contribution is 9.10. The fourth-order valence-electron chi connectivity index (χ4n) is 1.20. The highest BCUT2D eigenvalue weighted by Crippen LogP contribution is 2.18. The van der Waals surface area contributed by atoms with Gasteiger partial charge in [-0.25, -0.2) is 9.97 Å². The van der Waals surface area contributed by atoms with Gasteiger partial charge in [0, 0.05) is 17.1 Å². The summed E-state index contributed by atoms with van der Waals surface area (Å²) in [4.78, 5) is 8.40. The molecule has 2 heterocycles. The molecule has 0 radical (unpaired) electrons. The average Bonchev–Trinajstić information content (AvgIpc) is 2.56. The standard InChI is InChI=1S/C9H10BrN3O/c10-6-4-7-9(12-5-6)14-8(13-7)2-1-3-11/h4-5H,1-3,11H2. The van der Waals surface area contributed by atoms with Crippen molar-refractivity contribution in [1.82, 2.24) is 9.97 Å². The molecule has 14 heavy (non-hydrogen) atoms. The van der Waals surface area contributed by atoms with E-state index in [4.69, 9.17) is 10.2 Å². The molecular formula is C9H10BrN3O. The van der Waals surface area contributed by atoms with Crippen molar-refractivity contribution in [2.75, 3.05) is 6.54 Å². The van der Waals surface area contributed by atoms with Crippen molar-refractivity contribution in [1.29, 1.82) is 0 Å². The van der Waals surface area contributed by atoms with Gasteiger partial charge in [0.25, 0.3) is 0 Å². The number of nitrogens with zero attached hydrogens (tertiary/aromatic N) is 2. The molecule has 2 aromatic rings. The first-order valence-corrected chi connectivity index (χ1v) is 5.20. The minimum absolute atomic E-state index is 0.584. The zero-order valence-electron chi connectivity index (χ0n) is 7.53.